The van der Waals surface area contributed by atoms with Crippen LogP contribution in [-0.2, 0) is 0 Å². The van der Waals surface area contributed by atoms with Gasteiger partial charge in [-0.05, 0) is 31.0 Å². The molecule has 0 atom stereocenters. The van der Waals surface area contributed by atoms with E-state index in [-0.39, 0.29) is 5.91 Å². The van der Waals surface area contributed by atoms with Gasteiger partial charge in [0.2, 0.25) is 0 Å². The molecule has 3 nitrogen and oxygen atoms in total. The minimum atomic E-state index is 0.170. The van der Waals surface area contributed by atoms with Crippen LogP contribution in [0.1, 0.15) is 30.6 Å². The topological polar surface area (TPSA) is 23.6 Å². The average Bonchev–Trinajstić information content (AvgIpc) is 2.46. The monoisotopic (exact) mass is 260 g/mol. The molecule has 0 N–H and O–H groups in total. The molecule has 0 bridgehead atoms. The number of hydrogen-bond donors (Lipinski definition) is 0. The number of carbonyl (C=O) groups excluding carboxylic acids is 1. The zero-order chi connectivity index (χ0) is 13.7. The lowest BCUT2D eigenvalue weighted by Crippen LogP contribution is -2.48. The smallest absolute Gasteiger partial charge is 0.253 e. The van der Waals surface area contributed by atoms with Gasteiger partial charge in [-0.15, -0.1) is 0 Å². The Kier molecular flexibility index (Phi) is 4.97. The first-order chi connectivity index (χ1) is 9.16. The van der Waals surface area contributed by atoms with Crippen LogP contribution in [0.3, 0.4) is 0 Å². The number of piperazine rings is 1. The van der Waals surface area contributed by atoms with Gasteiger partial charge in [-0.1, -0.05) is 32.0 Å². The Balaban J connectivity index is 1.81. The Hall–Kier alpha value is -1.35. The molecule has 0 aromatic heterocycles. The van der Waals surface area contributed by atoms with E-state index in [0.29, 0.717) is 0 Å². The zero-order valence-electron chi connectivity index (χ0n) is 12.0. The second-order valence-electron chi connectivity index (χ2n) is 5.68. The van der Waals surface area contributed by atoms with E-state index in [9.17, 15) is 4.79 Å². The lowest BCUT2D eigenvalue weighted by atomic mass is 10.1. The van der Waals surface area contributed by atoms with Crippen LogP contribution < -0.4 is 0 Å². The number of nitrogens with zero attached hydrogens (tertiary/aromatic N) is 2. The summed E-state index contributed by atoms with van der Waals surface area (Å²) in [5.41, 5.74) is 0.804. The van der Waals surface area contributed by atoms with Crippen LogP contribution in [-0.4, -0.2) is 48.4 Å². The van der Waals surface area contributed by atoms with Crippen molar-refractivity contribution in [2.24, 2.45) is 5.92 Å². The molecular weight excluding hydrogens is 236 g/mol. The fourth-order valence-electron chi connectivity index (χ4n) is 2.38. The van der Waals surface area contributed by atoms with Crippen molar-refractivity contribution in [2.45, 2.75) is 20.3 Å². The van der Waals surface area contributed by atoms with Crippen LogP contribution >= 0.6 is 0 Å². The molecule has 0 spiro atoms. The molecule has 0 saturated carbocycles. The van der Waals surface area contributed by atoms with Gasteiger partial charge in [-0.3, -0.25) is 9.69 Å². The van der Waals surface area contributed by atoms with Gasteiger partial charge in [0.25, 0.3) is 5.91 Å². The van der Waals surface area contributed by atoms with Crippen LogP contribution in [0.5, 0.6) is 0 Å². The second kappa shape index (κ2) is 6.71. The molecule has 1 aliphatic heterocycles. The average molecular weight is 260 g/mol. The molecule has 1 heterocycles. The van der Waals surface area contributed by atoms with Crippen molar-refractivity contribution < 1.29 is 4.79 Å². The summed E-state index contributed by atoms with van der Waals surface area (Å²) in [6, 6.07) is 9.58. The molecule has 2 rings (SSSR count). The molecule has 1 aliphatic rings. The van der Waals surface area contributed by atoms with Gasteiger partial charge < -0.3 is 4.90 Å². The normalized spacial score (nSPS) is 16.9. The van der Waals surface area contributed by atoms with Crippen LogP contribution in [0.2, 0.25) is 0 Å². The minimum Gasteiger partial charge on any atom is -0.336 e. The van der Waals surface area contributed by atoms with E-state index in [1.165, 1.54) is 6.42 Å². The predicted molar refractivity (Wildman–Crippen MR) is 78.2 cm³/mol. The summed E-state index contributed by atoms with van der Waals surface area (Å²) in [5, 5.41) is 0. The quantitative estimate of drug-likeness (QED) is 0.830. The van der Waals surface area contributed by atoms with E-state index in [4.69, 9.17) is 0 Å². The molecule has 1 aromatic carbocycles. The number of carbonyl (C=O) groups is 1. The molecule has 0 radical (unpaired) electrons. The van der Waals surface area contributed by atoms with Gasteiger partial charge in [0, 0.05) is 31.7 Å². The van der Waals surface area contributed by atoms with Gasteiger partial charge >= 0.3 is 0 Å². The molecule has 104 valence electrons. The highest BCUT2D eigenvalue weighted by Crippen LogP contribution is 2.10. The first kappa shape index (κ1) is 14.1. The Morgan fingerprint density at radius 2 is 1.74 bits per heavy atom. The summed E-state index contributed by atoms with van der Waals surface area (Å²) in [6.45, 7) is 9.39. The summed E-state index contributed by atoms with van der Waals surface area (Å²) in [7, 11) is 0. The van der Waals surface area contributed by atoms with Crippen molar-refractivity contribution in [3.63, 3.8) is 0 Å². The van der Waals surface area contributed by atoms with E-state index in [1.807, 2.05) is 35.2 Å². The molecule has 1 saturated heterocycles. The molecule has 3 heteroatoms. The maximum atomic E-state index is 12.3. The Labute approximate surface area is 116 Å². The van der Waals surface area contributed by atoms with Gasteiger partial charge in [-0.2, -0.15) is 0 Å². The van der Waals surface area contributed by atoms with E-state index >= 15 is 0 Å². The van der Waals surface area contributed by atoms with Crippen molar-refractivity contribution in [1.82, 2.24) is 9.80 Å². The van der Waals surface area contributed by atoms with Crippen molar-refractivity contribution in [3.05, 3.63) is 35.9 Å². The highest BCUT2D eigenvalue weighted by atomic mass is 16.2. The maximum Gasteiger partial charge on any atom is 0.253 e. The fraction of sp³-hybridized carbons (Fsp3) is 0.562. The summed E-state index contributed by atoms with van der Waals surface area (Å²) >= 11 is 0. The lowest BCUT2D eigenvalue weighted by Gasteiger charge is -2.35. The van der Waals surface area contributed by atoms with Crippen molar-refractivity contribution in [1.29, 1.82) is 0 Å². The summed E-state index contributed by atoms with van der Waals surface area (Å²) < 4.78 is 0. The highest BCUT2D eigenvalue weighted by Gasteiger charge is 2.21. The van der Waals surface area contributed by atoms with Crippen LogP contribution in [0.4, 0.5) is 0 Å². The number of benzene rings is 1. The standard InChI is InChI=1S/C16H24N2O/c1-14(2)8-9-17-10-12-18(13-11-17)16(19)15-6-4-3-5-7-15/h3-7,14H,8-13H2,1-2H3. The molecule has 19 heavy (non-hydrogen) atoms. The highest BCUT2D eigenvalue weighted by molar-refractivity contribution is 5.94. The van der Waals surface area contributed by atoms with Crippen molar-refractivity contribution >= 4 is 5.91 Å². The van der Waals surface area contributed by atoms with Gasteiger partial charge in [-0.25, -0.2) is 0 Å². The Morgan fingerprint density at radius 3 is 2.32 bits per heavy atom. The molecule has 0 aliphatic carbocycles. The predicted octanol–water partition coefficient (Wildman–Crippen LogP) is 2.49. The van der Waals surface area contributed by atoms with Crippen LogP contribution in [0.25, 0.3) is 0 Å². The summed E-state index contributed by atoms with van der Waals surface area (Å²) in [6.07, 6.45) is 1.24. The van der Waals surface area contributed by atoms with Crippen molar-refractivity contribution in [2.75, 3.05) is 32.7 Å². The third-order valence-corrected chi connectivity index (χ3v) is 3.70. The largest absolute Gasteiger partial charge is 0.336 e. The zero-order valence-corrected chi connectivity index (χ0v) is 12.0. The third-order valence-electron chi connectivity index (χ3n) is 3.70. The SMILES string of the molecule is CC(C)CCN1CCN(C(=O)c2ccccc2)CC1. The van der Waals surface area contributed by atoms with E-state index in [2.05, 4.69) is 18.7 Å². The van der Waals surface area contributed by atoms with E-state index in [1.54, 1.807) is 0 Å². The summed E-state index contributed by atoms with van der Waals surface area (Å²) in [4.78, 5) is 16.7. The van der Waals surface area contributed by atoms with Gasteiger partial charge in [0.05, 0.1) is 0 Å². The maximum absolute atomic E-state index is 12.3. The number of amides is 1. The second-order valence-corrected chi connectivity index (χ2v) is 5.68. The summed E-state index contributed by atoms with van der Waals surface area (Å²) in [5.74, 6) is 0.924. The minimum absolute atomic E-state index is 0.170. The van der Waals surface area contributed by atoms with Crippen LogP contribution in [0, 0.1) is 5.92 Å². The molecule has 1 aromatic rings. The molecule has 0 unspecified atom stereocenters. The number of rotatable bonds is 4. The first-order valence-electron chi connectivity index (χ1n) is 7.23. The van der Waals surface area contributed by atoms with Crippen molar-refractivity contribution in [3.8, 4) is 0 Å². The lowest BCUT2D eigenvalue weighted by molar-refractivity contribution is 0.0632. The molecule has 1 amide bonds. The van der Waals surface area contributed by atoms with E-state index < -0.39 is 0 Å². The van der Waals surface area contributed by atoms with Gasteiger partial charge in [0.15, 0.2) is 0 Å². The first-order valence-corrected chi connectivity index (χ1v) is 7.23. The Morgan fingerprint density at radius 1 is 1.11 bits per heavy atom. The van der Waals surface area contributed by atoms with Crippen LogP contribution in [0.15, 0.2) is 30.3 Å². The Bertz CT molecular complexity index is 394. The van der Waals surface area contributed by atoms with E-state index in [0.717, 1.165) is 44.2 Å². The molecular formula is C16H24N2O. The number of hydrogen-bond acceptors (Lipinski definition) is 2. The molecule has 1 fully saturated rings. The fourth-order valence-corrected chi connectivity index (χ4v) is 2.38. The third kappa shape index (κ3) is 4.06. The van der Waals surface area contributed by atoms with Gasteiger partial charge in [0.1, 0.15) is 0 Å².